The molecule has 0 atom stereocenters. The summed E-state index contributed by atoms with van der Waals surface area (Å²) >= 11 is 0. The van der Waals surface area contributed by atoms with Gasteiger partial charge in [-0.25, -0.2) is 9.97 Å². The van der Waals surface area contributed by atoms with E-state index in [1.54, 1.807) is 18.5 Å². The Hall–Kier alpha value is -2.44. The summed E-state index contributed by atoms with van der Waals surface area (Å²) in [5.41, 5.74) is 0.0852. The molecule has 2 aromatic heterocycles. The molecule has 0 amide bonds. The maximum absolute atomic E-state index is 11.1. The lowest BCUT2D eigenvalue weighted by Gasteiger charge is -2.32. The van der Waals surface area contributed by atoms with Gasteiger partial charge in [-0.3, -0.25) is 10.1 Å². The normalized spacial score (nSPS) is 16.1. The number of aromatic nitrogens is 3. The van der Waals surface area contributed by atoms with E-state index in [1.165, 1.54) is 6.07 Å². The van der Waals surface area contributed by atoms with Gasteiger partial charge in [0.15, 0.2) is 0 Å². The highest BCUT2D eigenvalue weighted by molar-refractivity contribution is 5.57. The topological polar surface area (TPSA) is 87.9 Å². The summed E-state index contributed by atoms with van der Waals surface area (Å²) in [5, 5.41) is 11.1. The Kier molecular flexibility index (Phi) is 3.81. The zero-order valence-corrected chi connectivity index (χ0v) is 11.6. The number of hydrogen-bond donors (Lipinski definition) is 1. The molecule has 1 aliphatic rings. The molecule has 0 unspecified atom stereocenters. The average Bonchev–Trinajstić information content (AvgIpc) is 3.01. The molecule has 21 heavy (non-hydrogen) atoms. The number of hydrogen-bond acceptors (Lipinski definition) is 5. The fraction of sp³-hybridized carbons (Fsp3) is 0.429. The number of nitrogens with zero attached hydrogens (tertiary/aromatic N) is 4. The third-order valence-electron chi connectivity index (χ3n) is 3.91. The van der Waals surface area contributed by atoms with Gasteiger partial charge in [-0.15, -0.1) is 0 Å². The quantitative estimate of drug-likeness (QED) is 0.687. The lowest BCUT2D eigenvalue weighted by atomic mass is 9.93. The summed E-state index contributed by atoms with van der Waals surface area (Å²) in [5.74, 6) is 2.06. The van der Waals surface area contributed by atoms with Crippen LogP contribution in [0.1, 0.15) is 18.7 Å². The summed E-state index contributed by atoms with van der Waals surface area (Å²) in [6.07, 6.45) is 8.13. The number of piperidine rings is 1. The zero-order valence-electron chi connectivity index (χ0n) is 11.6. The molecule has 1 aliphatic heterocycles. The minimum atomic E-state index is -0.364. The Balaban J connectivity index is 1.64. The van der Waals surface area contributed by atoms with Crippen molar-refractivity contribution in [2.24, 2.45) is 5.92 Å². The fourth-order valence-corrected chi connectivity index (χ4v) is 2.81. The molecule has 0 radical (unpaired) electrons. The second-order valence-corrected chi connectivity index (χ2v) is 5.27. The molecule has 3 rings (SSSR count). The molecule has 110 valence electrons. The highest BCUT2D eigenvalue weighted by Gasteiger charge is 2.26. The van der Waals surface area contributed by atoms with Crippen molar-refractivity contribution in [3.05, 3.63) is 46.7 Å². The van der Waals surface area contributed by atoms with E-state index in [1.807, 2.05) is 11.1 Å². The molecule has 3 heterocycles. The Morgan fingerprint density at radius 3 is 2.81 bits per heavy atom. The van der Waals surface area contributed by atoms with Crippen LogP contribution >= 0.6 is 0 Å². The molecule has 1 fully saturated rings. The second kappa shape index (κ2) is 5.90. The van der Waals surface area contributed by atoms with Gasteiger partial charge in [0.2, 0.25) is 5.82 Å². The molecule has 0 bridgehead atoms. The number of H-pyrrole nitrogens is 1. The maximum Gasteiger partial charge on any atom is 0.311 e. The van der Waals surface area contributed by atoms with Crippen molar-refractivity contribution in [1.29, 1.82) is 0 Å². The minimum absolute atomic E-state index is 0.0852. The van der Waals surface area contributed by atoms with E-state index in [0.717, 1.165) is 38.2 Å². The van der Waals surface area contributed by atoms with Gasteiger partial charge in [0.05, 0.1) is 4.92 Å². The SMILES string of the molecule is O=[N+]([O-])c1cccnc1N1CCC(Cc2ncc[nH]2)CC1. The highest BCUT2D eigenvalue weighted by atomic mass is 16.6. The van der Waals surface area contributed by atoms with E-state index in [4.69, 9.17) is 0 Å². The van der Waals surface area contributed by atoms with Gasteiger partial charge < -0.3 is 9.88 Å². The fourth-order valence-electron chi connectivity index (χ4n) is 2.81. The van der Waals surface area contributed by atoms with Crippen molar-refractivity contribution >= 4 is 11.5 Å². The van der Waals surface area contributed by atoms with E-state index in [-0.39, 0.29) is 10.6 Å². The Labute approximate surface area is 122 Å². The van der Waals surface area contributed by atoms with Crippen LogP contribution in [0.2, 0.25) is 0 Å². The molecule has 0 spiro atoms. The first-order valence-corrected chi connectivity index (χ1v) is 7.06. The summed E-state index contributed by atoms with van der Waals surface area (Å²) < 4.78 is 0. The van der Waals surface area contributed by atoms with Crippen molar-refractivity contribution in [3.8, 4) is 0 Å². The van der Waals surface area contributed by atoms with Crippen LogP contribution in [0.15, 0.2) is 30.7 Å². The van der Waals surface area contributed by atoms with E-state index in [0.29, 0.717) is 11.7 Å². The number of imidazole rings is 1. The molecule has 7 nitrogen and oxygen atoms in total. The van der Waals surface area contributed by atoms with Crippen LogP contribution in [-0.2, 0) is 6.42 Å². The minimum Gasteiger partial charge on any atom is -0.351 e. The van der Waals surface area contributed by atoms with Crippen LogP contribution in [0, 0.1) is 16.0 Å². The third-order valence-corrected chi connectivity index (χ3v) is 3.91. The van der Waals surface area contributed by atoms with Gasteiger partial charge in [-0.05, 0) is 24.8 Å². The van der Waals surface area contributed by atoms with Gasteiger partial charge in [0, 0.05) is 44.2 Å². The predicted octanol–water partition coefficient (Wildman–Crippen LogP) is 2.17. The molecular weight excluding hydrogens is 270 g/mol. The first-order chi connectivity index (χ1) is 10.2. The largest absolute Gasteiger partial charge is 0.351 e. The Morgan fingerprint density at radius 1 is 1.33 bits per heavy atom. The van der Waals surface area contributed by atoms with Crippen LogP contribution in [0.5, 0.6) is 0 Å². The number of aromatic amines is 1. The lowest BCUT2D eigenvalue weighted by Crippen LogP contribution is -2.35. The van der Waals surface area contributed by atoms with Crippen molar-refractivity contribution in [1.82, 2.24) is 15.0 Å². The third kappa shape index (κ3) is 3.01. The molecule has 0 aromatic carbocycles. The Bertz CT molecular complexity index is 606. The van der Waals surface area contributed by atoms with Crippen LogP contribution in [0.25, 0.3) is 0 Å². The average molecular weight is 287 g/mol. The number of pyridine rings is 1. The first kappa shape index (κ1) is 13.5. The van der Waals surface area contributed by atoms with Gasteiger partial charge in [0.25, 0.3) is 0 Å². The maximum atomic E-state index is 11.1. The van der Waals surface area contributed by atoms with E-state index in [9.17, 15) is 10.1 Å². The van der Waals surface area contributed by atoms with Gasteiger partial charge >= 0.3 is 5.69 Å². The van der Waals surface area contributed by atoms with Crippen molar-refractivity contribution in [2.45, 2.75) is 19.3 Å². The predicted molar refractivity (Wildman–Crippen MR) is 78.1 cm³/mol. The van der Waals surface area contributed by atoms with Gasteiger partial charge in [-0.1, -0.05) is 0 Å². The van der Waals surface area contributed by atoms with Crippen LogP contribution in [-0.4, -0.2) is 33.0 Å². The molecule has 2 aromatic rings. The molecule has 0 aliphatic carbocycles. The summed E-state index contributed by atoms with van der Waals surface area (Å²) in [7, 11) is 0. The lowest BCUT2D eigenvalue weighted by molar-refractivity contribution is -0.384. The standard InChI is InChI=1S/C14H17N5O2/c20-19(21)12-2-1-5-17-14(12)18-8-3-11(4-9-18)10-13-15-6-7-16-13/h1-2,5-7,11H,3-4,8-10H2,(H,15,16). The van der Waals surface area contributed by atoms with Crippen LogP contribution in [0.4, 0.5) is 11.5 Å². The number of nitrogens with one attached hydrogen (secondary N) is 1. The van der Waals surface area contributed by atoms with E-state index in [2.05, 4.69) is 15.0 Å². The number of anilines is 1. The highest BCUT2D eigenvalue weighted by Crippen LogP contribution is 2.29. The smallest absolute Gasteiger partial charge is 0.311 e. The second-order valence-electron chi connectivity index (χ2n) is 5.27. The van der Waals surface area contributed by atoms with E-state index < -0.39 is 0 Å². The Morgan fingerprint density at radius 2 is 2.14 bits per heavy atom. The molecule has 7 heteroatoms. The zero-order chi connectivity index (χ0) is 14.7. The van der Waals surface area contributed by atoms with Crippen molar-refractivity contribution < 1.29 is 4.92 Å². The van der Waals surface area contributed by atoms with Gasteiger partial charge in [-0.2, -0.15) is 0 Å². The molecule has 1 N–H and O–H groups in total. The van der Waals surface area contributed by atoms with Gasteiger partial charge in [0.1, 0.15) is 5.82 Å². The van der Waals surface area contributed by atoms with Crippen molar-refractivity contribution in [2.75, 3.05) is 18.0 Å². The van der Waals surface area contributed by atoms with Crippen LogP contribution in [0.3, 0.4) is 0 Å². The number of nitro groups is 1. The summed E-state index contributed by atoms with van der Waals surface area (Å²) in [4.78, 5) is 24.3. The monoisotopic (exact) mass is 287 g/mol. The van der Waals surface area contributed by atoms with Crippen LogP contribution < -0.4 is 4.90 Å². The molecular formula is C14H17N5O2. The summed E-state index contributed by atoms with van der Waals surface area (Å²) in [6, 6.07) is 3.11. The van der Waals surface area contributed by atoms with E-state index >= 15 is 0 Å². The number of rotatable bonds is 4. The first-order valence-electron chi connectivity index (χ1n) is 7.06. The summed E-state index contributed by atoms with van der Waals surface area (Å²) in [6.45, 7) is 1.59. The van der Waals surface area contributed by atoms with Crippen molar-refractivity contribution in [3.63, 3.8) is 0 Å². The molecule has 0 saturated carbocycles. The molecule has 1 saturated heterocycles.